The molecule has 8 heavy (non-hydrogen) atoms. The third-order valence-electron chi connectivity index (χ3n) is 0.637. The van der Waals surface area contributed by atoms with Crippen molar-refractivity contribution in [3.05, 3.63) is 13.8 Å². The zero-order valence-electron chi connectivity index (χ0n) is 4.99. The summed E-state index contributed by atoms with van der Waals surface area (Å²) in [5.74, 6) is 10.7. The predicted octanol–water partition coefficient (Wildman–Crippen LogP) is 1.30. The van der Waals surface area contributed by atoms with Crippen LogP contribution < -0.4 is 0 Å². The summed E-state index contributed by atoms with van der Waals surface area (Å²) < 4.78 is 0. The Bertz CT molecular complexity index is 136. The Morgan fingerprint density at radius 1 is 1.12 bits per heavy atom. The van der Waals surface area contributed by atoms with Crippen LogP contribution >= 0.6 is 0 Å². The van der Waals surface area contributed by atoms with Crippen molar-refractivity contribution in [2.75, 3.05) is 0 Å². The van der Waals surface area contributed by atoms with E-state index in [1.807, 2.05) is 6.92 Å². The van der Waals surface area contributed by atoms with Crippen LogP contribution in [0.15, 0.2) is 0 Å². The molecule has 0 rings (SSSR count). The maximum atomic E-state index is 3.36. The van der Waals surface area contributed by atoms with Crippen molar-refractivity contribution in [1.82, 2.24) is 0 Å². The first-order valence-corrected chi connectivity index (χ1v) is 2.36. The lowest BCUT2D eigenvalue weighted by atomic mass is 10.2. The molecule has 0 heterocycles. The fourth-order valence-electron chi connectivity index (χ4n) is 0.342. The van der Waals surface area contributed by atoms with E-state index in [1.165, 1.54) is 0 Å². The van der Waals surface area contributed by atoms with Crippen LogP contribution in [-0.2, 0) is 0 Å². The first-order valence-electron chi connectivity index (χ1n) is 2.36. The monoisotopic (exact) mass is 104 g/mol. The van der Waals surface area contributed by atoms with E-state index in [4.69, 9.17) is 0 Å². The Morgan fingerprint density at radius 2 is 1.50 bits per heavy atom. The van der Waals surface area contributed by atoms with Gasteiger partial charge in [0.2, 0.25) is 0 Å². The standard InChI is InChI=1S/C8H8/c1-4-6-8(3)7-5-2/h8H,1-2H2,3H3. The van der Waals surface area contributed by atoms with Crippen LogP contribution in [0.25, 0.3) is 0 Å². The summed E-state index contributed by atoms with van der Waals surface area (Å²) in [6.07, 6.45) is 0. The van der Waals surface area contributed by atoms with E-state index in [1.54, 1.807) is 0 Å². The first-order chi connectivity index (χ1) is 3.81. The molecule has 0 atom stereocenters. The van der Waals surface area contributed by atoms with Gasteiger partial charge in [-0.3, -0.25) is 0 Å². The van der Waals surface area contributed by atoms with Gasteiger partial charge in [-0.2, -0.15) is 0 Å². The molecule has 0 heteroatoms. The molecular formula is C8H8. The average Bonchev–Trinajstić information content (AvgIpc) is 1.68. The molecule has 0 aliphatic carbocycles. The van der Waals surface area contributed by atoms with E-state index in [9.17, 15) is 0 Å². The van der Waals surface area contributed by atoms with Gasteiger partial charge in [-0.05, 0) is 6.92 Å². The second-order valence-corrected chi connectivity index (χ2v) is 1.36. The minimum absolute atomic E-state index is 0.116. The molecule has 0 aromatic rings. The quantitative estimate of drug-likeness (QED) is 0.406. The highest BCUT2D eigenvalue weighted by molar-refractivity contribution is 5.17. The highest BCUT2D eigenvalue weighted by atomic mass is 13.8. The maximum Gasteiger partial charge on any atom is 0.0783 e. The Kier molecular flexibility index (Phi) is 3.81. The predicted molar refractivity (Wildman–Crippen MR) is 35.4 cm³/mol. The van der Waals surface area contributed by atoms with Gasteiger partial charge >= 0.3 is 0 Å². The van der Waals surface area contributed by atoms with Crippen molar-refractivity contribution in [3.63, 3.8) is 0 Å². The van der Waals surface area contributed by atoms with Gasteiger partial charge in [0, 0.05) is 13.8 Å². The van der Waals surface area contributed by atoms with Crippen molar-refractivity contribution >= 4 is 0 Å². The van der Waals surface area contributed by atoms with Gasteiger partial charge in [0.15, 0.2) is 0 Å². The highest BCUT2D eigenvalue weighted by Crippen LogP contribution is 1.85. The van der Waals surface area contributed by atoms with Crippen LogP contribution in [0.2, 0.25) is 0 Å². The van der Waals surface area contributed by atoms with Gasteiger partial charge in [-0.15, -0.1) is 11.8 Å². The SMILES string of the molecule is [CH2]C#CC(C)C#C[CH2]. The fraction of sp³-hybridized carbons (Fsp3) is 0.250. The highest BCUT2D eigenvalue weighted by Gasteiger charge is 1.82. The topological polar surface area (TPSA) is 0 Å². The summed E-state index contributed by atoms with van der Waals surface area (Å²) in [5, 5.41) is 0. The van der Waals surface area contributed by atoms with Gasteiger partial charge in [-0.25, -0.2) is 0 Å². The minimum Gasteiger partial charge on any atom is -0.101 e. The van der Waals surface area contributed by atoms with Crippen LogP contribution in [0.5, 0.6) is 0 Å². The molecular weight excluding hydrogens is 96.1 g/mol. The molecule has 0 aromatic carbocycles. The molecule has 0 aliphatic heterocycles. The van der Waals surface area contributed by atoms with Gasteiger partial charge < -0.3 is 0 Å². The Labute approximate surface area is 51.3 Å². The Hall–Kier alpha value is -0.880. The molecule has 0 bridgehead atoms. The van der Waals surface area contributed by atoms with Crippen molar-refractivity contribution < 1.29 is 0 Å². The summed E-state index contributed by atoms with van der Waals surface area (Å²) in [5.41, 5.74) is 0. The summed E-state index contributed by atoms with van der Waals surface area (Å²) in [6, 6.07) is 0. The van der Waals surface area contributed by atoms with Crippen LogP contribution in [-0.4, -0.2) is 0 Å². The van der Waals surface area contributed by atoms with Crippen molar-refractivity contribution in [1.29, 1.82) is 0 Å². The number of hydrogen-bond acceptors (Lipinski definition) is 0. The van der Waals surface area contributed by atoms with Crippen LogP contribution in [0, 0.1) is 43.4 Å². The molecule has 0 N–H and O–H groups in total. The van der Waals surface area contributed by atoms with E-state index in [0.717, 1.165) is 0 Å². The molecule has 0 aliphatic rings. The lowest BCUT2D eigenvalue weighted by Crippen LogP contribution is -1.80. The zero-order valence-corrected chi connectivity index (χ0v) is 4.99. The average molecular weight is 104 g/mol. The first kappa shape index (κ1) is 7.12. The normalized spacial score (nSPS) is 6.50. The van der Waals surface area contributed by atoms with E-state index in [0.29, 0.717) is 0 Å². The fourth-order valence-corrected chi connectivity index (χ4v) is 0.342. The van der Waals surface area contributed by atoms with E-state index in [-0.39, 0.29) is 5.92 Å². The smallest absolute Gasteiger partial charge is 0.0783 e. The van der Waals surface area contributed by atoms with Crippen molar-refractivity contribution in [2.24, 2.45) is 5.92 Å². The summed E-state index contributed by atoms with van der Waals surface area (Å²) in [4.78, 5) is 0. The van der Waals surface area contributed by atoms with Crippen molar-refractivity contribution in [3.8, 4) is 23.7 Å². The second kappa shape index (κ2) is 4.28. The van der Waals surface area contributed by atoms with Gasteiger partial charge in [-0.1, -0.05) is 11.8 Å². The third kappa shape index (κ3) is 3.32. The molecule has 2 radical (unpaired) electrons. The van der Waals surface area contributed by atoms with Crippen molar-refractivity contribution in [2.45, 2.75) is 6.92 Å². The lowest BCUT2D eigenvalue weighted by molar-refractivity contribution is 1.02. The second-order valence-electron chi connectivity index (χ2n) is 1.36. The maximum absolute atomic E-state index is 3.36. The molecule has 0 spiro atoms. The molecule has 0 saturated carbocycles. The summed E-state index contributed by atoms with van der Waals surface area (Å²) in [6.45, 7) is 8.63. The van der Waals surface area contributed by atoms with Gasteiger partial charge in [0.1, 0.15) is 0 Å². The summed E-state index contributed by atoms with van der Waals surface area (Å²) >= 11 is 0. The molecule has 0 fully saturated rings. The molecule has 0 amide bonds. The molecule has 0 unspecified atom stereocenters. The van der Waals surface area contributed by atoms with Gasteiger partial charge in [0.05, 0.1) is 5.92 Å². The largest absolute Gasteiger partial charge is 0.101 e. The zero-order chi connectivity index (χ0) is 6.41. The number of rotatable bonds is 0. The number of hydrogen-bond donors (Lipinski definition) is 0. The van der Waals surface area contributed by atoms with Crippen LogP contribution in [0.3, 0.4) is 0 Å². The van der Waals surface area contributed by atoms with Crippen LogP contribution in [0.1, 0.15) is 6.92 Å². The van der Waals surface area contributed by atoms with E-state index >= 15 is 0 Å². The lowest BCUT2D eigenvalue weighted by Gasteiger charge is -1.84. The Balaban J connectivity index is 3.71. The van der Waals surface area contributed by atoms with Gasteiger partial charge in [0.25, 0.3) is 0 Å². The molecule has 0 saturated heterocycles. The van der Waals surface area contributed by atoms with E-state index in [2.05, 4.69) is 37.5 Å². The molecule has 0 nitrogen and oxygen atoms in total. The van der Waals surface area contributed by atoms with Crippen LogP contribution in [0.4, 0.5) is 0 Å². The molecule has 0 aromatic heterocycles. The van der Waals surface area contributed by atoms with E-state index < -0.39 is 0 Å². The molecule has 40 valence electrons. The summed E-state index contributed by atoms with van der Waals surface area (Å²) in [7, 11) is 0. The Morgan fingerprint density at radius 3 is 1.75 bits per heavy atom. The third-order valence-corrected chi connectivity index (χ3v) is 0.637. The minimum atomic E-state index is 0.116.